The van der Waals surface area contributed by atoms with Crippen LogP contribution in [0.25, 0.3) is 0 Å². The van der Waals surface area contributed by atoms with Crippen LogP contribution in [0.4, 0.5) is 0 Å². The van der Waals surface area contributed by atoms with E-state index < -0.39 is 0 Å². The van der Waals surface area contributed by atoms with E-state index in [2.05, 4.69) is 12.2 Å². The molecule has 2 rings (SSSR count). The summed E-state index contributed by atoms with van der Waals surface area (Å²) in [6, 6.07) is 0.711. The fraction of sp³-hybridized carbons (Fsp3) is 1.00. The number of nitrogens with two attached hydrogens (primary N) is 1. The van der Waals surface area contributed by atoms with Crippen molar-refractivity contribution in [1.82, 2.24) is 5.32 Å². The molecule has 2 nitrogen and oxygen atoms in total. The van der Waals surface area contributed by atoms with E-state index in [4.69, 9.17) is 5.73 Å². The molecule has 2 aliphatic rings. The van der Waals surface area contributed by atoms with E-state index in [0.717, 1.165) is 12.5 Å². The summed E-state index contributed by atoms with van der Waals surface area (Å²) in [6.07, 6.45) is 11.1. The van der Waals surface area contributed by atoms with Gasteiger partial charge in [-0.1, -0.05) is 26.2 Å². The average molecular weight is 224 g/mol. The third-order valence-corrected chi connectivity index (χ3v) is 5.12. The Labute approximate surface area is 100 Å². The van der Waals surface area contributed by atoms with Crippen molar-refractivity contribution in [2.24, 2.45) is 17.1 Å². The molecule has 0 amide bonds. The van der Waals surface area contributed by atoms with Gasteiger partial charge in [0.15, 0.2) is 0 Å². The van der Waals surface area contributed by atoms with E-state index in [1.165, 1.54) is 57.9 Å². The largest absolute Gasteiger partial charge is 0.330 e. The highest BCUT2D eigenvalue weighted by atomic mass is 14.9. The van der Waals surface area contributed by atoms with Crippen molar-refractivity contribution in [3.63, 3.8) is 0 Å². The van der Waals surface area contributed by atoms with E-state index in [1.54, 1.807) is 0 Å². The second kappa shape index (κ2) is 5.50. The van der Waals surface area contributed by atoms with Crippen LogP contribution in [0.3, 0.4) is 0 Å². The topological polar surface area (TPSA) is 38.0 Å². The molecule has 2 fully saturated rings. The van der Waals surface area contributed by atoms with Crippen LogP contribution in [0.15, 0.2) is 0 Å². The Morgan fingerprint density at radius 1 is 1.19 bits per heavy atom. The molecule has 0 spiro atoms. The Morgan fingerprint density at radius 2 is 1.94 bits per heavy atom. The Balaban J connectivity index is 1.79. The molecule has 0 aliphatic heterocycles. The molecule has 2 aliphatic carbocycles. The predicted octanol–water partition coefficient (Wildman–Crippen LogP) is 2.67. The number of nitrogens with one attached hydrogen (secondary N) is 1. The van der Waals surface area contributed by atoms with Crippen LogP contribution in [-0.4, -0.2) is 19.1 Å². The lowest BCUT2D eigenvalue weighted by Crippen LogP contribution is -2.48. The summed E-state index contributed by atoms with van der Waals surface area (Å²) < 4.78 is 0. The smallest absolute Gasteiger partial charge is 0.0108 e. The molecule has 2 saturated carbocycles. The molecule has 0 saturated heterocycles. The van der Waals surface area contributed by atoms with Crippen molar-refractivity contribution in [3.05, 3.63) is 0 Å². The predicted molar refractivity (Wildman–Crippen MR) is 69.4 cm³/mol. The molecule has 2 unspecified atom stereocenters. The molecule has 2 atom stereocenters. The summed E-state index contributed by atoms with van der Waals surface area (Å²) in [5, 5.41) is 3.84. The lowest BCUT2D eigenvalue weighted by molar-refractivity contribution is 0.108. The SMILES string of the molecule is CCC1(CNC2CCCCC2CN)CCC1. The van der Waals surface area contributed by atoms with Crippen LogP contribution < -0.4 is 11.1 Å². The first-order valence-corrected chi connectivity index (χ1v) is 7.23. The molecule has 0 aromatic rings. The van der Waals surface area contributed by atoms with Gasteiger partial charge >= 0.3 is 0 Å². The molecular formula is C14H28N2. The van der Waals surface area contributed by atoms with Crippen LogP contribution in [0, 0.1) is 11.3 Å². The molecule has 16 heavy (non-hydrogen) atoms. The molecule has 0 heterocycles. The van der Waals surface area contributed by atoms with E-state index >= 15 is 0 Å². The lowest BCUT2D eigenvalue weighted by atomic mass is 9.66. The van der Waals surface area contributed by atoms with Crippen LogP contribution in [0.1, 0.15) is 58.3 Å². The molecule has 3 N–H and O–H groups in total. The Morgan fingerprint density at radius 3 is 2.50 bits per heavy atom. The number of rotatable bonds is 5. The van der Waals surface area contributed by atoms with Gasteiger partial charge in [-0.25, -0.2) is 0 Å². The van der Waals surface area contributed by atoms with E-state index in [1.807, 2.05) is 0 Å². The molecule has 2 heteroatoms. The van der Waals surface area contributed by atoms with Crippen molar-refractivity contribution in [1.29, 1.82) is 0 Å². The van der Waals surface area contributed by atoms with Crippen molar-refractivity contribution in [3.8, 4) is 0 Å². The van der Waals surface area contributed by atoms with Gasteiger partial charge in [-0.3, -0.25) is 0 Å². The first-order chi connectivity index (χ1) is 7.79. The van der Waals surface area contributed by atoms with Crippen molar-refractivity contribution in [2.45, 2.75) is 64.3 Å². The summed E-state index contributed by atoms with van der Waals surface area (Å²) in [4.78, 5) is 0. The molecule has 0 bridgehead atoms. The monoisotopic (exact) mass is 224 g/mol. The third kappa shape index (κ3) is 2.60. The van der Waals surface area contributed by atoms with Crippen LogP contribution >= 0.6 is 0 Å². The molecule has 0 aromatic carbocycles. The van der Waals surface area contributed by atoms with Gasteiger partial charge in [-0.2, -0.15) is 0 Å². The molecule has 94 valence electrons. The highest BCUT2D eigenvalue weighted by Crippen LogP contribution is 2.43. The molecular weight excluding hydrogens is 196 g/mol. The fourth-order valence-corrected chi connectivity index (χ4v) is 3.44. The fourth-order valence-electron chi connectivity index (χ4n) is 3.44. The summed E-state index contributed by atoms with van der Waals surface area (Å²) in [6.45, 7) is 4.46. The zero-order chi connectivity index (χ0) is 11.4. The molecule has 0 radical (unpaired) electrons. The average Bonchev–Trinajstić information content (AvgIpc) is 2.29. The zero-order valence-electron chi connectivity index (χ0n) is 10.8. The maximum atomic E-state index is 5.87. The first kappa shape index (κ1) is 12.4. The quantitative estimate of drug-likeness (QED) is 0.753. The van der Waals surface area contributed by atoms with E-state index in [9.17, 15) is 0 Å². The van der Waals surface area contributed by atoms with Crippen molar-refractivity contribution in [2.75, 3.05) is 13.1 Å². The van der Waals surface area contributed by atoms with Gasteiger partial charge in [0, 0.05) is 12.6 Å². The van der Waals surface area contributed by atoms with Crippen LogP contribution in [0.5, 0.6) is 0 Å². The molecule has 0 aromatic heterocycles. The lowest BCUT2D eigenvalue weighted by Gasteiger charge is -2.44. The highest BCUT2D eigenvalue weighted by molar-refractivity contribution is 4.91. The minimum absolute atomic E-state index is 0.649. The highest BCUT2D eigenvalue weighted by Gasteiger charge is 2.36. The second-order valence-corrected chi connectivity index (χ2v) is 5.97. The Kier molecular flexibility index (Phi) is 4.26. The van der Waals surface area contributed by atoms with Crippen LogP contribution in [0.2, 0.25) is 0 Å². The summed E-state index contributed by atoms with van der Waals surface area (Å²) >= 11 is 0. The van der Waals surface area contributed by atoms with Gasteiger partial charge in [0.1, 0.15) is 0 Å². The maximum Gasteiger partial charge on any atom is 0.0108 e. The van der Waals surface area contributed by atoms with Gasteiger partial charge in [-0.05, 0) is 50.0 Å². The van der Waals surface area contributed by atoms with E-state index in [-0.39, 0.29) is 0 Å². The minimum atomic E-state index is 0.649. The Bertz CT molecular complexity index is 205. The van der Waals surface area contributed by atoms with Crippen molar-refractivity contribution < 1.29 is 0 Å². The zero-order valence-corrected chi connectivity index (χ0v) is 10.8. The van der Waals surface area contributed by atoms with Crippen molar-refractivity contribution >= 4 is 0 Å². The third-order valence-electron chi connectivity index (χ3n) is 5.12. The van der Waals surface area contributed by atoms with Gasteiger partial charge in [0.05, 0.1) is 0 Å². The van der Waals surface area contributed by atoms with Gasteiger partial charge in [0.2, 0.25) is 0 Å². The number of hydrogen-bond acceptors (Lipinski definition) is 2. The summed E-state index contributed by atoms with van der Waals surface area (Å²) in [5.74, 6) is 0.739. The van der Waals surface area contributed by atoms with Crippen LogP contribution in [-0.2, 0) is 0 Å². The standard InChI is InChI=1S/C14H28N2/c1-2-14(8-5-9-14)11-16-13-7-4-3-6-12(13)10-15/h12-13,16H,2-11,15H2,1H3. The maximum absolute atomic E-state index is 5.87. The van der Waals surface area contributed by atoms with E-state index in [0.29, 0.717) is 11.5 Å². The summed E-state index contributed by atoms with van der Waals surface area (Å²) in [7, 11) is 0. The van der Waals surface area contributed by atoms with Gasteiger partial charge < -0.3 is 11.1 Å². The first-order valence-electron chi connectivity index (χ1n) is 7.23. The number of hydrogen-bond donors (Lipinski definition) is 2. The van der Waals surface area contributed by atoms with Gasteiger partial charge in [0.25, 0.3) is 0 Å². The summed E-state index contributed by atoms with van der Waals surface area (Å²) in [5.41, 5.74) is 6.52. The Hall–Kier alpha value is -0.0800. The normalized spacial score (nSPS) is 33.4. The second-order valence-electron chi connectivity index (χ2n) is 5.97. The van der Waals surface area contributed by atoms with Gasteiger partial charge in [-0.15, -0.1) is 0 Å². The minimum Gasteiger partial charge on any atom is -0.330 e.